The van der Waals surface area contributed by atoms with Crippen molar-refractivity contribution in [1.29, 1.82) is 0 Å². The molecule has 1 aliphatic rings. The maximum atomic E-state index is 12.3. The summed E-state index contributed by atoms with van der Waals surface area (Å²) in [7, 11) is 0. The molecule has 2 rings (SSSR count). The molecule has 96 valence electrons. The van der Waals surface area contributed by atoms with Crippen LogP contribution in [0, 0.1) is 0 Å². The van der Waals surface area contributed by atoms with E-state index in [4.69, 9.17) is 5.11 Å². The molecule has 5 nitrogen and oxygen atoms in total. The number of carboxylic acids is 1. The standard InChI is InChI=1S/C13H16N2O3/c16-12(17)10-15(11-6-2-1-3-7-11)13(18)14-8-4-5-9-14/h1-3,6-7H,4-5,8-10H2,(H,16,17). The zero-order chi connectivity index (χ0) is 13.0. The Kier molecular flexibility index (Phi) is 3.82. The van der Waals surface area contributed by atoms with Gasteiger partial charge in [-0.1, -0.05) is 18.2 Å². The number of nitrogens with zero attached hydrogens (tertiary/aromatic N) is 2. The molecule has 1 aromatic carbocycles. The molecule has 1 heterocycles. The summed E-state index contributed by atoms with van der Waals surface area (Å²) in [6.45, 7) is 1.11. The highest BCUT2D eigenvalue weighted by Gasteiger charge is 2.26. The molecule has 0 bridgehead atoms. The summed E-state index contributed by atoms with van der Waals surface area (Å²) in [4.78, 5) is 26.2. The number of para-hydroxylation sites is 1. The van der Waals surface area contributed by atoms with Gasteiger partial charge in [0.05, 0.1) is 0 Å². The number of carboxylic acid groups (broad SMARTS) is 1. The van der Waals surface area contributed by atoms with E-state index in [9.17, 15) is 9.59 Å². The number of carbonyl (C=O) groups excluding carboxylic acids is 1. The molecule has 0 radical (unpaired) electrons. The van der Waals surface area contributed by atoms with E-state index < -0.39 is 5.97 Å². The van der Waals surface area contributed by atoms with Gasteiger partial charge < -0.3 is 10.0 Å². The predicted octanol–water partition coefficient (Wildman–Crippen LogP) is 1.79. The number of anilines is 1. The number of benzene rings is 1. The number of carbonyl (C=O) groups is 2. The van der Waals surface area contributed by atoms with Gasteiger partial charge in [-0.05, 0) is 25.0 Å². The summed E-state index contributed by atoms with van der Waals surface area (Å²) in [5, 5.41) is 8.92. The van der Waals surface area contributed by atoms with Crippen LogP contribution in [0.5, 0.6) is 0 Å². The maximum absolute atomic E-state index is 12.3. The van der Waals surface area contributed by atoms with Gasteiger partial charge in [0.2, 0.25) is 0 Å². The lowest BCUT2D eigenvalue weighted by atomic mass is 10.3. The Morgan fingerprint density at radius 1 is 1.17 bits per heavy atom. The lowest BCUT2D eigenvalue weighted by Gasteiger charge is -2.26. The highest BCUT2D eigenvalue weighted by molar-refractivity contribution is 5.96. The van der Waals surface area contributed by atoms with E-state index in [1.54, 1.807) is 29.2 Å². The third kappa shape index (κ3) is 2.80. The van der Waals surface area contributed by atoms with Crippen molar-refractivity contribution >= 4 is 17.7 Å². The SMILES string of the molecule is O=C(O)CN(C(=O)N1CCCC1)c1ccccc1. The van der Waals surface area contributed by atoms with E-state index in [0.717, 1.165) is 12.8 Å². The van der Waals surface area contributed by atoms with E-state index in [0.29, 0.717) is 18.8 Å². The van der Waals surface area contributed by atoms with Crippen LogP contribution in [0.4, 0.5) is 10.5 Å². The number of aliphatic carboxylic acids is 1. The van der Waals surface area contributed by atoms with Gasteiger partial charge in [0.25, 0.3) is 0 Å². The summed E-state index contributed by atoms with van der Waals surface area (Å²) < 4.78 is 0. The Bertz CT molecular complexity index is 427. The summed E-state index contributed by atoms with van der Waals surface area (Å²) in [5.74, 6) is -1.01. The number of urea groups is 1. The van der Waals surface area contributed by atoms with Crippen LogP contribution in [0.3, 0.4) is 0 Å². The quantitative estimate of drug-likeness (QED) is 0.887. The third-order valence-electron chi connectivity index (χ3n) is 2.97. The van der Waals surface area contributed by atoms with Crippen molar-refractivity contribution in [2.24, 2.45) is 0 Å². The minimum absolute atomic E-state index is 0.221. The minimum atomic E-state index is -1.01. The van der Waals surface area contributed by atoms with Crippen LogP contribution in [-0.4, -0.2) is 41.6 Å². The van der Waals surface area contributed by atoms with Crippen molar-refractivity contribution in [2.75, 3.05) is 24.5 Å². The van der Waals surface area contributed by atoms with Gasteiger partial charge in [-0.25, -0.2) is 4.79 Å². The first-order chi connectivity index (χ1) is 8.68. The monoisotopic (exact) mass is 248 g/mol. The van der Waals surface area contributed by atoms with Gasteiger partial charge in [0.1, 0.15) is 6.54 Å². The predicted molar refractivity (Wildman–Crippen MR) is 67.6 cm³/mol. The van der Waals surface area contributed by atoms with Crippen molar-refractivity contribution in [2.45, 2.75) is 12.8 Å². The molecule has 1 fully saturated rings. The molecule has 1 aromatic rings. The van der Waals surface area contributed by atoms with Crippen LogP contribution in [0.1, 0.15) is 12.8 Å². The maximum Gasteiger partial charge on any atom is 0.325 e. The topological polar surface area (TPSA) is 60.9 Å². The average Bonchev–Trinajstić information content (AvgIpc) is 2.90. The van der Waals surface area contributed by atoms with Crippen LogP contribution >= 0.6 is 0 Å². The molecule has 0 atom stereocenters. The fraction of sp³-hybridized carbons (Fsp3) is 0.385. The number of amides is 2. The second-order valence-corrected chi connectivity index (χ2v) is 4.29. The number of hydrogen-bond acceptors (Lipinski definition) is 2. The van der Waals surface area contributed by atoms with Crippen molar-refractivity contribution in [1.82, 2.24) is 4.90 Å². The summed E-state index contributed by atoms with van der Waals surface area (Å²) in [6, 6.07) is 8.69. The largest absolute Gasteiger partial charge is 0.480 e. The van der Waals surface area contributed by atoms with Gasteiger partial charge in [0, 0.05) is 18.8 Å². The first-order valence-corrected chi connectivity index (χ1v) is 6.02. The molecule has 5 heteroatoms. The molecular formula is C13H16N2O3. The molecule has 0 aliphatic carbocycles. The smallest absolute Gasteiger partial charge is 0.325 e. The second kappa shape index (κ2) is 5.53. The Hall–Kier alpha value is -2.04. The van der Waals surface area contributed by atoms with E-state index >= 15 is 0 Å². The lowest BCUT2D eigenvalue weighted by molar-refractivity contribution is -0.135. The van der Waals surface area contributed by atoms with Gasteiger partial charge in [-0.2, -0.15) is 0 Å². The first-order valence-electron chi connectivity index (χ1n) is 6.02. The molecule has 0 spiro atoms. The van der Waals surface area contributed by atoms with Crippen molar-refractivity contribution in [3.8, 4) is 0 Å². The van der Waals surface area contributed by atoms with E-state index in [2.05, 4.69) is 0 Å². The fourth-order valence-electron chi connectivity index (χ4n) is 2.09. The fourth-order valence-corrected chi connectivity index (χ4v) is 2.09. The molecule has 1 aliphatic heterocycles. The highest BCUT2D eigenvalue weighted by Crippen LogP contribution is 2.18. The molecule has 0 saturated carbocycles. The highest BCUT2D eigenvalue weighted by atomic mass is 16.4. The third-order valence-corrected chi connectivity index (χ3v) is 2.97. The number of rotatable bonds is 3. The molecule has 18 heavy (non-hydrogen) atoms. The molecular weight excluding hydrogens is 232 g/mol. The van der Waals surface area contributed by atoms with Crippen molar-refractivity contribution < 1.29 is 14.7 Å². The van der Waals surface area contributed by atoms with E-state index in [1.165, 1.54) is 4.90 Å². The van der Waals surface area contributed by atoms with Gasteiger partial charge in [0.15, 0.2) is 0 Å². The number of likely N-dealkylation sites (tertiary alicyclic amines) is 1. The Morgan fingerprint density at radius 3 is 2.33 bits per heavy atom. The molecule has 2 amide bonds. The Labute approximate surface area is 106 Å². The van der Waals surface area contributed by atoms with Crippen LogP contribution in [0.15, 0.2) is 30.3 Å². The van der Waals surface area contributed by atoms with Gasteiger partial charge in [-0.15, -0.1) is 0 Å². The van der Waals surface area contributed by atoms with Gasteiger partial charge >= 0.3 is 12.0 Å². The van der Waals surface area contributed by atoms with Gasteiger partial charge in [-0.3, -0.25) is 9.69 Å². The minimum Gasteiger partial charge on any atom is -0.480 e. The molecule has 0 aromatic heterocycles. The molecule has 0 unspecified atom stereocenters. The van der Waals surface area contributed by atoms with Crippen LogP contribution in [0.25, 0.3) is 0 Å². The van der Waals surface area contributed by atoms with E-state index in [-0.39, 0.29) is 12.6 Å². The summed E-state index contributed by atoms with van der Waals surface area (Å²) in [6.07, 6.45) is 1.98. The van der Waals surface area contributed by atoms with Crippen molar-refractivity contribution in [3.05, 3.63) is 30.3 Å². The second-order valence-electron chi connectivity index (χ2n) is 4.29. The van der Waals surface area contributed by atoms with Crippen molar-refractivity contribution in [3.63, 3.8) is 0 Å². The average molecular weight is 248 g/mol. The molecule has 1 saturated heterocycles. The summed E-state index contributed by atoms with van der Waals surface area (Å²) in [5.41, 5.74) is 0.622. The lowest BCUT2D eigenvalue weighted by Crippen LogP contribution is -2.44. The first kappa shape index (κ1) is 12.4. The van der Waals surface area contributed by atoms with Crippen LogP contribution < -0.4 is 4.90 Å². The number of hydrogen-bond donors (Lipinski definition) is 1. The Balaban J connectivity index is 2.19. The Morgan fingerprint density at radius 2 is 1.78 bits per heavy atom. The zero-order valence-corrected chi connectivity index (χ0v) is 10.1. The normalized spacial score (nSPS) is 14.6. The summed E-state index contributed by atoms with van der Waals surface area (Å²) >= 11 is 0. The zero-order valence-electron chi connectivity index (χ0n) is 10.1. The van der Waals surface area contributed by atoms with Crippen LogP contribution in [-0.2, 0) is 4.79 Å². The van der Waals surface area contributed by atoms with E-state index in [1.807, 2.05) is 6.07 Å². The molecule has 1 N–H and O–H groups in total. The van der Waals surface area contributed by atoms with Crippen LogP contribution in [0.2, 0.25) is 0 Å².